The molecule has 2 aromatic heterocycles. The number of piperidine rings is 1. The summed E-state index contributed by atoms with van der Waals surface area (Å²) < 4.78 is 11.9. The lowest BCUT2D eigenvalue weighted by Crippen LogP contribution is -2.54. The van der Waals surface area contributed by atoms with E-state index >= 15 is 0 Å². The Bertz CT molecular complexity index is 1390. The van der Waals surface area contributed by atoms with Crippen LogP contribution in [0.4, 0.5) is 10.6 Å². The number of ether oxygens (including phenoxy) is 2. The lowest BCUT2D eigenvalue weighted by atomic mass is 9.89. The smallest absolute Gasteiger partial charge is 0.408 e. The molecule has 1 aliphatic heterocycles. The topological polar surface area (TPSA) is 92.4 Å². The molecule has 0 radical (unpaired) electrons. The zero-order valence-corrected chi connectivity index (χ0v) is 28.0. The fourth-order valence-electron chi connectivity index (χ4n) is 5.02. The number of hydrogen-bond donors (Lipinski definition) is 2. The number of H-pyrrole nitrogens is 1. The highest BCUT2D eigenvalue weighted by Gasteiger charge is 2.35. The summed E-state index contributed by atoms with van der Waals surface area (Å²) in [7, 11) is -1.28. The van der Waals surface area contributed by atoms with Crippen molar-refractivity contribution in [2.45, 2.75) is 90.4 Å². The van der Waals surface area contributed by atoms with Crippen molar-refractivity contribution in [1.29, 1.82) is 0 Å². The van der Waals surface area contributed by atoms with Crippen LogP contribution >= 0.6 is 23.2 Å². The van der Waals surface area contributed by atoms with E-state index in [2.05, 4.69) is 47.0 Å². The van der Waals surface area contributed by atoms with Crippen LogP contribution in [0.25, 0.3) is 22.0 Å². The molecule has 0 unspecified atom stereocenters. The number of aromatic nitrogens is 3. The van der Waals surface area contributed by atoms with Gasteiger partial charge < -0.3 is 19.7 Å². The number of aromatic amines is 1. The first-order valence-electron chi connectivity index (χ1n) is 14.3. The zero-order valence-electron chi connectivity index (χ0n) is 25.5. The molecule has 3 aromatic rings. The Morgan fingerprint density at radius 1 is 1.22 bits per heavy atom. The van der Waals surface area contributed by atoms with Gasteiger partial charge >= 0.3 is 6.09 Å². The minimum Gasteiger partial charge on any atom is -0.444 e. The quantitative estimate of drug-likeness (QED) is 0.247. The fraction of sp³-hybridized carbons (Fsp3) is 0.567. The number of hydrogen-bond acceptors (Lipinski definition) is 6. The van der Waals surface area contributed by atoms with E-state index in [0.717, 1.165) is 52.4 Å². The van der Waals surface area contributed by atoms with E-state index in [4.69, 9.17) is 37.7 Å². The Morgan fingerprint density at radius 3 is 2.54 bits per heavy atom. The molecule has 3 heterocycles. The van der Waals surface area contributed by atoms with Crippen molar-refractivity contribution in [2.75, 3.05) is 24.6 Å². The molecule has 41 heavy (non-hydrogen) atoms. The summed E-state index contributed by atoms with van der Waals surface area (Å²) in [6.07, 6.45) is 2.62. The van der Waals surface area contributed by atoms with Crippen molar-refractivity contribution >= 4 is 54.1 Å². The van der Waals surface area contributed by atoms with Gasteiger partial charge in [-0.3, -0.25) is 5.10 Å². The maximum atomic E-state index is 12.5. The monoisotopic (exact) mass is 619 g/mol. The first-order chi connectivity index (χ1) is 19.1. The summed E-state index contributed by atoms with van der Waals surface area (Å²) in [5.74, 6) is 0.839. The van der Waals surface area contributed by atoms with Gasteiger partial charge in [0.05, 0.1) is 38.9 Å². The number of nitrogens with zero attached hydrogens (tertiary/aromatic N) is 3. The maximum Gasteiger partial charge on any atom is 0.408 e. The largest absolute Gasteiger partial charge is 0.444 e. The number of carbonyl (C=O) groups is 1. The molecule has 8 nitrogen and oxygen atoms in total. The highest BCUT2D eigenvalue weighted by molar-refractivity contribution is 6.76. The molecule has 2 N–H and O–H groups in total. The number of carbonyl (C=O) groups excluding carboxylic acids is 1. The van der Waals surface area contributed by atoms with Gasteiger partial charge in [0, 0.05) is 44.4 Å². The number of rotatable bonds is 8. The lowest BCUT2D eigenvalue weighted by Gasteiger charge is -2.41. The van der Waals surface area contributed by atoms with Crippen molar-refractivity contribution in [3.63, 3.8) is 0 Å². The van der Waals surface area contributed by atoms with Gasteiger partial charge in [0.15, 0.2) is 0 Å². The summed E-state index contributed by atoms with van der Waals surface area (Å²) in [6.45, 7) is 18.8. The van der Waals surface area contributed by atoms with E-state index in [1.54, 1.807) is 6.07 Å². The number of halogens is 2. The number of amides is 1. The molecular formula is C30H43Cl2N5O3Si. The molecule has 224 valence electrons. The average Bonchev–Trinajstić information content (AvgIpc) is 3.33. The highest BCUT2D eigenvalue weighted by atomic mass is 35.5. The number of fused-ring (bicyclic) bond motifs is 1. The van der Waals surface area contributed by atoms with Gasteiger partial charge in [-0.2, -0.15) is 5.10 Å². The van der Waals surface area contributed by atoms with Crippen molar-refractivity contribution in [2.24, 2.45) is 0 Å². The Labute approximate surface area is 254 Å². The van der Waals surface area contributed by atoms with Crippen molar-refractivity contribution < 1.29 is 14.3 Å². The second-order valence-electron chi connectivity index (χ2n) is 13.5. The molecule has 1 aromatic carbocycles. The third-order valence-corrected chi connectivity index (χ3v) is 9.93. The summed E-state index contributed by atoms with van der Waals surface area (Å²) in [6, 6.07) is 6.68. The third-order valence-electron chi connectivity index (χ3n) is 7.41. The van der Waals surface area contributed by atoms with E-state index in [-0.39, 0.29) is 11.6 Å². The second kappa shape index (κ2) is 12.1. The molecule has 1 atom stereocenters. The Kier molecular flexibility index (Phi) is 9.33. The van der Waals surface area contributed by atoms with E-state index in [1.165, 1.54) is 0 Å². The average molecular weight is 621 g/mol. The molecule has 1 amide bonds. The summed E-state index contributed by atoms with van der Waals surface area (Å²) in [5, 5.41) is 12.6. The van der Waals surface area contributed by atoms with Gasteiger partial charge in [0.2, 0.25) is 0 Å². The van der Waals surface area contributed by atoms with Crippen molar-refractivity contribution in [3.8, 4) is 11.1 Å². The minimum atomic E-state index is -1.28. The first kappa shape index (κ1) is 31.6. The maximum absolute atomic E-state index is 12.5. The van der Waals surface area contributed by atoms with Crippen LogP contribution in [-0.2, 0) is 9.47 Å². The van der Waals surface area contributed by atoms with Gasteiger partial charge in [-0.15, -0.1) is 0 Å². The van der Waals surface area contributed by atoms with Crippen LogP contribution in [0, 0.1) is 0 Å². The van der Waals surface area contributed by atoms with Crippen molar-refractivity contribution in [3.05, 3.63) is 40.1 Å². The normalized spacial score (nSPS) is 16.6. The number of anilines is 1. The minimum absolute atomic E-state index is 0.285. The van der Waals surface area contributed by atoms with Crippen molar-refractivity contribution in [1.82, 2.24) is 20.5 Å². The van der Waals surface area contributed by atoms with Gasteiger partial charge in [-0.25, -0.2) is 9.78 Å². The van der Waals surface area contributed by atoms with Gasteiger partial charge in [-0.05, 0) is 59.6 Å². The third kappa shape index (κ3) is 7.74. The van der Waals surface area contributed by atoms with Crippen LogP contribution in [0.3, 0.4) is 0 Å². The predicted octanol–water partition coefficient (Wildman–Crippen LogP) is 8.23. The molecule has 1 fully saturated rings. The van der Waals surface area contributed by atoms with E-state index < -0.39 is 19.8 Å². The Balaban J connectivity index is 1.69. The van der Waals surface area contributed by atoms with Crippen LogP contribution < -0.4 is 10.2 Å². The van der Waals surface area contributed by atoms with Gasteiger partial charge in [0.25, 0.3) is 0 Å². The second-order valence-corrected chi connectivity index (χ2v) is 19.9. The summed E-state index contributed by atoms with van der Waals surface area (Å²) in [4.78, 5) is 20.0. The summed E-state index contributed by atoms with van der Waals surface area (Å²) in [5.41, 5.74) is 2.35. The SMILES string of the molecule is C[C@H](OCC[Si](C)(C)C)c1nc(N2CCC(C)(NC(=O)OC(C)(C)C)CC2)c2cn[nH]c2c1-c1cccc(Cl)c1Cl. The molecule has 11 heteroatoms. The zero-order chi connectivity index (χ0) is 30.2. The van der Waals surface area contributed by atoms with Gasteiger partial charge in [0.1, 0.15) is 11.4 Å². The number of alkyl carbamates (subject to hydrolysis) is 1. The van der Waals surface area contributed by atoms with E-state index in [0.29, 0.717) is 29.7 Å². The van der Waals surface area contributed by atoms with Crippen LogP contribution in [0.1, 0.15) is 59.3 Å². The highest BCUT2D eigenvalue weighted by Crippen LogP contribution is 2.43. The molecule has 1 saturated heterocycles. The van der Waals surface area contributed by atoms with E-state index in [1.807, 2.05) is 46.0 Å². The van der Waals surface area contributed by atoms with Gasteiger partial charge in [-0.1, -0.05) is 55.0 Å². The Hall–Kier alpha value is -2.33. The van der Waals surface area contributed by atoms with E-state index in [9.17, 15) is 4.79 Å². The predicted molar refractivity (Wildman–Crippen MR) is 171 cm³/mol. The molecule has 0 bridgehead atoms. The molecule has 0 saturated carbocycles. The Morgan fingerprint density at radius 2 is 1.90 bits per heavy atom. The molecule has 0 spiro atoms. The fourth-order valence-corrected chi connectivity index (χ4v) is 6.14. The standard InChI is InChI=1S/C30H43Cl2N5O3Si/c1-19(39-16-17-41(6,7)8)25-23(20-10-9-11-22(31)24(20)32)26-21(18-33-36-26)27(34-25)37-14-12-30(5,13-15-37)35-28(38)40-29(2,3)4/h9-11,18-19H,12-17H2,1-8H3,(H,33,36)(H,35,38)/t19-/m0/s1. The number of benzene rings is 1. The first-order valence-corrected chi connectivity index (χ1v) is 18.7. The lowest BCUT2D eigenvalue weighted by molar-refractivity contribution is 0.0448. The van der Waals surface area contributed by atoms with Crippen LogP contribution in [0.15, 0.2) is 24.4 Å². The van der Waals surface area contributed by atoms with Crippen LogP contribution in [-0.4, -0.2) is 60.2 Å². The number of nitrogens with one attached hydrogen (secondary N) is 2. The molecule has 0 aliphatic carbocycles. The summed E-state index contributed by atoms with van der Waals surface area (Å²) >= 11 is 13.2. The van der Waals surface area contributed by atoms with Crippen LogP contribution in [0.2, 0.25) is 35.7 Å². The molecule has 1 aliphatic rings. The van der Waals surface area contributed by atoms with Crippen LogP contribution in [0.5, 0.6) is 0 Å². The number of pyridine rings is 1. The molecular weight excluding hydrogens is 577 g/mol. The molecule has 4 rings (SSSR count).